The van der Waals surface area contributed by atoms with Gasteiger partial charge in [-0.2, -0.15) is 0 Å². The molecule has 0 bridgehead atoms. The van der Waals surface area contributed by atoms with Gasteiger partial charge in [0.25, 0.3) is 5.91 Å². The van der Waals surface area contributed by atoms with E-state index in [1.165, 1.54) is 12.1 Å². The van der Waals surface area contributed by atoms with Gasteiger partial charge in [0, 0.05) is 5.02 Å². The van der Waals surface area contributed by atoms with Crippen molar-refractivity contribution in [1.82, 2.24) is 0 Å². The van der Waals surface area contributed by atoms with E-state index in [4.69, 9.17) is 22.1 Å². The topological polar surface area (TPSA) is 89.7 Å². The zero-order chi connectivity index (χ0) is 13.5. The van der Waals surface area contributed by atoms with E-state index in [1.54, 1.807) is 6.07 Å². The van der Waals surface area contributed by atoms with E-state index >= 15 is 0 Å². The predicted octanol–water partition coefficient (Wildman–Crippen LogP) is 0.352. The molecule has 0 radical (unpaired) electrons. The molecule has 1 aromatic rings. The molecular formula is C10H11ClN2O4S. The molecular weight excluding hydrogens is 280 g/mol. The number of sulfonamides is 1. The lowest BCUT2D eigenvalue weighted by atomic mass is 10.2. The quantitative estimate of drug-likeness (QED) is 0.851. The molecule has 6 nitrogen and oxygen atoms in total. The second kappa shape index (κ2) is 4.33. The SMILES string of the molecule is CS(=O)(=O)N1C[C@@H](C(N)=O)Oc2ccc(Cl)cc21. The fourth-order valence-electron chi connectivity index (χ4n) is 1.69. The summed E-state index contributed by atoms with van der Waals surface area (Å²) in [6, 6.07) is 4.52. The first-order chi connectivity index (χ1) is 8.29. The third kappa shape index (κ3) is 2.37. The zero-order valence-electron chi connectivity index (χ0n) is 9.46. The minimum Gasteiger partial charge on any atom is -0.476 e. The van der Waals surface area contributed by atoms with E-state index in [1.807, 2.05) is 0 Å². The maximum absolute atomic E-state index is 11.7. The lowest BCUT2D eigenvalue weighted by Crippen LogP contribution is -2.49. The summed E-state index contributed by atoms with van der Waals surface area (Å²) in [5, 5.41) is 0.378. The van der Waals surface area contributed by atoms with Crippen LogP contribution in [0.3, 0.4) is 0 Å². The van der Waals surface area contributed by atoms with Crippen molar-refractivity contribution in [1.29, 1.82) is 0 Å². The highest BCUT2D eigenvalue weighted by atomic mass is 35.5. The van der Waals surface area contributed by atoms with Crippen molar-refractivity contribution in [2.24, 2.45) is 5.73 Å². The Hall–Kier alpha value is -1.47. The number of ether oxygens (including phenoxy) is 1. The molecule has 0 unspecified atom stereocenters. The van der Waals surface area contributed by atoms with Gasteiger partial charge < -0.3 is 10.5 Å². The average molecular weight is 291 g/mol. The van der Waals surface area contributed by atoms with E-state index in [0.717, 1.165) is 10.6 Å². The van der Waals surface area contributed by atoms with Crippen molar-refractivity contribution in [3.63, 3.8) is 0 Å². The summed E-state index contributed by atoms with van der Waals surface area (Å²) in [7, 11) is -3.54. The summed E-state index contributed by atoms with van der Waals surface area (Å²) in [5.41, 5.74) is 5.46. The lowest BCUT2D eigenvalue weighted by Gasteiger charge is -2.33. The highest BCUT2D eigenvalue weighted by Crippen LogP contribution is 2.36. The number of primary amides is 1. The van der Waals surface area contributed by atoms with Gasteiger partial charge in [0.1, 0.15) is 5.75 Å². The number of rotatable bonds is 2. The van der Waals surface area contributed by atoms with E-state index in [-0.39, 0.29) is 12.3 Å². The normalized spacial score (nSPS) is 19.0. The number of amides is 1. The molecule has 2 rings (SSSR count). The molecule has 98 valence electrons. The van der Waals surface area contributed by atoms with Gasteiger partial charge in [-0.05, 0) is 18.2 Å². The summed E-state index contributed by atoms with van der Waals surface area (Å²) in [4.78, 5) is 11.2. The van der Waals surface area contributed by atoms with Crippen LogP contribution in [0.15, 0.2) is 18.2 Å². The fourth-order valence-corrected chi connectivity index (χ4v) is 2.76. The van der Waals surface area contributed by atoms with Gasteiger partial charge in [-0.25, -0.2) is 8.42 Å². The van der Waals surface area contributed by atoms with Crippen LogP contribution in [-0.2, 0) is 14.8 Å². The first-order valence-corrected chi connectivity index (χ1v) is 7.25. The van der Waals surface area contributed by atoms with Gasteiger partial charge in [-0.1, -0.05) is 11.6 Å². The van der Waals surface area contributed by atoms with Crippen LogP contribution in [0, 0.1) is 0 Å². The molecule has 0 saturated heterocycles. The Morgan fingerprint density at radius 3 is 2.78 bits per heavy atom. The van der Waals surface area contributed by atoms with Gasteiger partial charge in [0.05, 0.1) is 18.5 Å². The highest BCUT2D eigenvalue weighted by molar-refractivity contribution is 7.92. The van der Waals surface area contributed by atoms with Crippen LogP contribution in [0.2, 0.25) is 5.02 Å². The second-order valence-corrected chi connectivity index (χ2v) is 6.26. The monoisotopic (exact) mass is 290 g/mol. The molecule has 1 aromatic carbocycles. The molecule has 1 heterocycles. The summed E-state index contributed by atoms with van der Waals surface area (Å²) in [6.45, 7) is -0.151. The minimum absolute atomic E-state index is 0.151. The summed E-state index contributed by atoms with van der Waals surface area (Å²) >= 11 is 5.82. The number of nitrogens with two attached hydrogens (primary N) is 1. The van der Waals surface area contributed by atoms with Crippen molar-refractivity contribution < 1.29 is 17.9 Å². The van der Waals surface area contributed by atoms with Gasteiger partial charge >= 0.3 is 0 Å². The first kappa shape index (κ1) is 13.0. The number of carbonyl (C=O) groups excluding carboxylic acids is 1. The predicted molar refractivity (Wildman–Crippen MR) is 67.3 cm³/mol. The molecule has 2 N–H and O–H groups in total. The number of anilines is 1. The number of carbonyl (C=O) groups is 1. The Morgan fingerprint density at radius 1 is 1.56 bits per heavy atom. The van der Waals surface area contributed by atoms with Crippen LogP contribution in [0.25, 0.3) is 0 Å². The van der Waals surface area contributed by atoms with Crippen LogP contribution < -0.4 is 14.8 Å². The standard InChI is InChI=1S/C10H11ClN2O4S/c1-18(15,16)13-5-9(10(12)14)17-8-3-2-6(11)4-7(8)13/h2-4,9H,5H2,1H3,(H2,12,14)/t9-/m0/s1. The molecule has 0 fully saturated rings. The van der Waals surface area contributed by atoms with E-state index < -0.39 is 22.0 Å². The summed E-state index contributed by atoms with van der Waals surface area (Å²) in [5.74, 6) is -0.455. The molecule has 0 spiro atoms. The van der Waals surface area contributed by atoms with Crippen LogP contribution in [-0.4, -0.2) is 33.2 Å². The molecule has 1 amide bonds. The largest absolute Gasteiger partial charge is 0.476 e. The van der Waals surface area contributed by atoms with E-state index in [2.05, 4.69) is 0 Å². The van der Waals surface area contributed by atoms with Gasteiger partial charge in [-0.15, -0.1) is 0 Å². The maximum atomic E-state index is 11.7. The van der Waals surface area contributed by atoms with Crippen LogP contribution in [0.4, 0.5) is 5.69 Å². The average Bonchev–Trinajstić information content (AvgIpc) is 2.26. The molecule has 1 atom stereocenters. The van der Waals surface area contributed by atoms with Gasteiger partial charge in [-0.3, -0.25) is 9.10 Å². The number of hydrogen-bond acceptors (Lipinski definition) is 4. The Morgan fingerprint density at radius 2 is 2.22 bits per heavy atom. The number of benzene rings is 1. The molecule has 0 saturated carbocycles. The number of nitrogens with zero attached hydrogens (tertiary/aromatic N) is 1. The highest BCUT2D eigenvalue weighted by Gasteiger charge is 2.33. The van der Waals surface area contributed by atoms with Crippen molar-refractivity contribution >= 4 is 33.2 Å². The Kier molecular flexibility index (Phi) is 3.12. The summed E-state index contributed by atoms with van der Waals surface area (Å²) < 4.78 is 29.8. The van der Waals surface area contributed by atoms with Crippen LogP contribution >= 0.6 is 11.6 Å². The van der Waals surface area contributed by atoms with Gasteiger partial charge in [0.2, 0.25) is 10.0 Å². The molecule has 8 heteroatoms. The van der Waals surface area contributed by atoms with Gasteiger partial charge in [0.15, 0.2) is 6.10 Å². The summed E-state index contributed by atoms with van der Waals surface area (Å²) in [6.07, 6.45) is 0.0366. The molecule has 0 aromatic heterocycles. The zero-order valence-corrected chi connectivity index (χ0v) is 11.0. The Balaban J connectivity index is 2.54. The number of halogens is 1. The van der Waals surface area contributed by atoms with Crippen molar-refractivity contribution in [3.05, 3.63) is 23.2 Å². The number of fused-ring (bicyclic) bond motifs is 1. The van der Waals surface area contributed by atoms with Crippen molar-refractivity contribution in [3.8, 4) is 5.75 Å². The minimum atomic E-state index is -3.54. The van der Waals surface area contributed by atoms with Crippen molar-refractivity contribution in [2.75, 3.05) is 17.1 Å². The Bertz CT molecular complexity index is 602. The van der Waals surface area contributed by atoms with Crippen LogP contribution in [0.1, 0.15) is 0 Å². The van der Waals surface area contributed by atoms with Crippen LogP contribution in [0.5, 0.6) is 5.75 Å². The first-order valence-electron chi connectivity index (χ1n) is 5.02. The second-order valence-electron chi connectivity index (χ2n) is 3.92. The molecule has 0 aliphatic carbocycles. The third-order valence-electron chi connectivity index (χ3n) is 2.51. The molecule has 18 heavy (non-hydrogen) atoms. The molecule has 1 aliphatic rings. The Labute approximate surface area is 109 Å². The number of hydrogen-bond donors (Lipinski definition) is 1. The lowest BCUT2D eigenvalue weighted by molar-refractivity contribution is -0.124. The van der Waals surface area contributed by atoms with Crippen molar-refractivity contribution in [2.45, 2.75) is 6.10 Å². The smallest absolute Gasteiger partial charge is 0.260 e. The molecule has 1 aliphatic heterocycles. The van der Waals surface area contributed by atoms with E-state index in [0.29, 0.717) is 10.7 Å². The maximum Gasteiger partial charge on any atom is 0.260 e. The fraction of sp³-hybridized carbons (Fsp3) is 0.300. The van der Waals surface area contributed by atoms with E-state index in [9.17, 15) is 13.2 Å². The third-order valence-corrected chi connectivity index (χ3v) is 3.89.